The number of hydrogen-bond donors (Lipinski definition) is 1. The largest absolute Gasteiger partial charge is 0.370 e. The first kappa shape index (κ1) is 9.83. The van der Waals surface area contributed by atoms with E-state index >= 15 is 0 Å². The van der Waals surface area contributed by atoms with Crippen LogP contribution in [0.3, 0.4) is 0 Å². The number of anilines is 1. The molecule has 0 radical (unpaired) electrons. The van der Waals surface area contributed by atoms with Crippen molar-refractivity contribution in [2.24, 2.45) is 0 Å². The van der Waals surface area contributed by atoms with Crippen molar-refractivity contribution >= 4 is 5.82 Å². The zero-order valence-electron chi connectivity index (χ0n) is 7.30. The Morgan fingerprint density at radius 3 is 2.92 bits per heavy atom. The first-order chi connectivity index (χ1) is 6.18. The number of nitrogens with zero attached hydrogens (tertiary/aromatic N) is 2. The van der Waals surface area contributed by atoms with Crippen LogP contribution in [0.25, 0.3) is 0 Å². The molecule has 1 rings (SSSR count). The van der Waals surface area contributed by atoms with Gasteiger partial charge in [-0.15, -0.1) is 0 Å². The van der Waals surface area contributed by atoms with E-state index in [0.29, 0.717) is 11.6 Å². The highest BCUT2D eigenvalue weighted by molar-refractivity contribution is 5.32. The van der Waals surface area contributed by atoms with E-state index in [2.05, 4.69) is 15.3 Å². The van der Waals surface area contributed by atoms with Crippen LogP contribution in [0.15, 0.2) is 12.3 Å². The van der Waals surface area contributed by atoms with Crippen LogP contribution in [-0.2, 0) is 0 Å². The summed E-state index contributed by atoms with van der Waals surface area (Å²) in [4.78, 5) is 7.89. The normalized spacial score (nSPS) is 10.5. The fraction of sp³-hybridized carbons (Fsp3) is 0.500. The van der Waals surface area contributed by atoms with Crippen molar-refractivity contribution in [2.45, 2.75) is 19.8 Å². The van der Waals surface area contributed by atoms with Crippen molar-refractivity contribution in [1.29, 1.82) is 0 Å². The third-order valence-electron chi connectivity index (χ3n) is 1.44. The first-order valence-corrected chi connectivity index (χ1v) is 4.00. The lowest BCUT2D eigenvalue weighted by molar-refractivity contribution is 0.142. The fourth-order valence-electron chi connectivity index (χ4n) is 0.864. The molecular weight excluding hydrogens is 176 g/mol. The van der Waals surface area contributed by atoms with Crippen molar-refractivity contribution in [1.82, 2.24) is 9.97 Å². The van der Waals surface area contributed by atoms with Gasteiger partial charge in [-0.3, -0.25) is 0 Å². The van der Waals surface area contributed by atoms with Gasteiger partial charge in [0.25, 0.3) is 0 Å². The molecule has 0 bridgehead atoms. The van der Waals surface area contributed by atoms with E-state index in [0.717, 1.165) is 0 Å². The van der Waals surface area contributed by atoms with Gasteiger partial charge in [-0.25, -0.2) is 18.7 Å². The van der Waals surface area contributed by atoms with Gasteiger partial charge < -0.3 is 5.32 Å². The van der Waals surface area contributed by atoms with Gasteiger partial charge in [-0.05, 0) is 13.0 Å². The van der Waals surface area contributed by atoms with Crippen molar-refractivity contribution < 1.29 is 8.78 Å². The smallest absolute Gasteiger partial charge is 0.240 e. The Morgan fingerprint density at radius 1 is 1.54 bits per heavy atom. The Morgan fingerprint density at radius 2 is 2.31 bits per heavy atom. The molecule has 1 heterocycles. The molecule has 0 fully saturated rings. The van der Waals surface area contributed by atoms with Gasteiger partial charge in [0.05, 0.1) is 0 Å². The van der Waals surface area contributed by atoms with E-state index in [1.54, 1.807) is 19.2 Å². The monoisotopic (exact) mass is 187 g/mol. The predicted molar refractivity (Wildman–Crippen MR) is 45.9 cm³/mol. The van der Waals surface area contributed by atoms with Gasteiger partial charge in [-0.1, -0.05) is 0 Å². The Bertz CT molecular complexity index is 265. The summed E-state index contributed by atoms with van der Waals surface area (Å²) in [7, 11) is 0. The van der Waals surface area contributed by atoms with Crippen molar-refractivity contribution in [3.8, 4) is 0 Å². The maximum Gasteiger partial charge on any atom is 0.240 e. The second-order valence-corrected chi connectivity index (χ2v) is 2.60. The Labute approximate surface area is 75.2 Å². The first-order valence-electron chi connectivity index (χ1n) is 4.00. The SMILES string of the molecule is Cc1nccc(NCCC(F)F)n1. The van der Waals surface area contributed by atoms with E-state index in [1.165, 1.54) is 0 Å². The summed E-state index contributed by atoms with van der Waals surface area (Å²) >= 11 is 0. The zero-order chi connectivity index (χ0) is 9.68. The number of aromatic nitrogens is 2. The second-order valence-electron chi connectivity index (χ2n) is 2.60. The van der Waals surface area contributed by atoms with Crippen LogP contribution in [-0.4, -0.2) is 22.9 Å². The van der Waals surface area contributed by atoms with Crippen molar-refractivity contribution in [3.63, 3.8) is 0 Å². The molecule has 1 aromatic heterocycles. The van der Waals surface area contributed by atoms with Crippen molar-refractivity contribution in [2.75, 3.05) is 11.9 Å². The van der Waals surface area contributed by atoms with Gasteiger partial charge in [0.2, 0.25) is 6.43 Å². The van der Waals surface area contributed by atoms with Crippen LogP contribution in [0.2, 0.25) is 0 Å². The standard InChI is InChI=1S/C8H11F2N3/c1-6-11-5-3-8(13-6)12-4-2-7(9)10/h3,5,7H,2,4H2,1H3,(H,11,12,13). The molecule has 0 aliphatic carbocycles. The summed E-state index contributed by atoms with van der Waals surface area (Å²) < 4.78 is 23.5. The molecule has 0 unspecified atom stereocenters. The number of nitrogens with one attached hydrogen (secondary N) is 1. The highest BCUT2D eigenvalue weighted by atomic mass is 19.3. The molecule has 0 aliphatic rings. The van der Waals surface area contributed by atoms with Crippen LogP contribution in [0.5, 0.6) is 0 Å². The molecule has 13 heavy (non-hydrogen) atoms. The molecule has 1 N–H and O–H groups in total. The molecule has 0 saturated heterocycles. The molecule has 0 atom stereocenters. The number of aryl methyl sites for hydroxylation is 1. The highest BCUT2D eigenvalue weighted by Crippen LogP contribution is 2.03. The van der Waals surface area contributed by atoms with Crippen molar-refractivity contribution in [3.05, 3.63) is 18.1 Å². The topological polar surface area (TPSA) is 37.8 Å². The quantitative estimate of drug-likeness (QED) is 0.781. The van der Waals surface area contributed by atoms with E-state index in [-0.39, 0.29) is 13.0 Å². The zero-order valence-corrected chi connectivity index (χ0v) is 7.30. The molecule has 1 aromatic rings. The number of rotatable bonds is 4. The minimum Gasteiger partial charge on any atom is -0.370 e. The van der Waals surface area contributed by atoms with Gasteiger partial charge in [0.1, 0.15) is 11.6 Å². The third kappa shape index (κ3) is 3.78. The average Bonchev–Trinajstić information content (AvgIpc) is 2.03. The van der Waals surface area contributed by atoms with Gasteiger partial charge in [0.15, 0.2) is 0 Å². The van der Waals surface area contributed by atoms with Gasteiger partial charge in [0, 0.05) is 19.2 Å². The summed E-state index contributed by atoms with van der Waals surface area (Å²) in [5, 5.41) is 2.79. The molecule has 5 heteroatoms. The van der Waals surface area contributed by atoms with Crippen LogP contribution in [0.4, 0.5) is 14.6 Å². The lowest BCUT2D eigenvalue weighted by atomic mass is 10.4. The number of halogens is 2. The third-order valence-corrected chi connectivity index (χ3v) is 1.44. The Balaban J connectivity index is 2.37. The predicted octanol–water partition coefficient (Wildman–Crippen LogP) is 1.85. The second kappa shape index (κ2) is 4.69. The molecule has 0 amide bonds. The molecule has 0 aromatic carbocycles. The summed E-state index contributed by atoms with van der Waals surface area (Å²) in [6.07, 6.45) is -0.841. The summed E-state index contributed by atoms with van der Waals surface area (Å²) in [5.74, 6) is 1.22. The molecular formula is C8H11F2N3. The molecule has 0 aliphatic heterocycles. The molecule has 0 saturated carbocycles. The van der Waals surface area contributed by atoms with Gasteiger partial charge in [-0.2, -0.15) is 0 Å². The minimum absolute atomic E-state index is 0.164. The highest BCUT2D eigenvalue weighted by Gasteiger charge is 2.01. The summed E-state index contributed by atoms with van der Waals surface area (Å²) in [5.41, 5.74) is 0. The van der Waals surface area contributed by atoms with Crippen LogP contribution < -0.4 is 5.32 Å². The molecule has 72 valence electrons. The number of alkyl halides is 2. The van der Waals surface area contributed by atoms with E-state index < -0.39 is 6.43 Å². The fourth-order valence-corrected chi connectivity index (χ4v) is 0.864. The van der Waals surface area contributed by atoms with Crippen LogP contribution >= 0.6 is 0 Å². The van der Waals surface area contributed by atoms with E-state index in [9.17, 15) is 8.78 Å². The minimum atomic E-state index is -2.27. The Kier molecular flexibility index (Phi) is 3.54. The summed E-state index contributed by atoms with van der Waals surface area (Å²) in [6, 6.07) is 1.65. The maximum atomic E-state index is 11.7. The molecule has 3 nitrogen and oxygen atoms in total. The lowest BCUT2D eigenvalue weighted by Gasteiger charge is -2.04. The lowest BCUT2D eigenvalue weighted by Crippen LogP contribution is -2.07. The Hall–Kier alpha value is -1.26. The maximum absolute atomic E-state index is 11.7. The van der Waals surface area contributed by atoms with E-state index in [4.69, 9.17) is 0 Å². The molecule has 0 spiro atoms. The van der Waals surface area contributed by atoms with Gasteiger partial charge >= 0.3 is 0 Å². The van der Waals surface area contributed by atoms with E-state index in [1.807, 2.05) is 0 Å². The average molecular weight is 187 g/mol. The number of hydrogen-bond acceptors (Lipinski definition) is 3. The van der Waals surface area contributed by atoms with Crippen LogP contribution in [0, 0.1) is 6.92 Å². The van der Waals surface area contributed by atoms with Crippen LogP contribution in [0.1, 0.15) is 12.2 Å². The summed E-state index contributed by atoms with van der Waals surface area (Å²) in [6.45, 7) is 1.98.